The van der Waals surface area contributed by atoms with Crippen molar-refractivity contribution in [2.45, 2.75) is 32.3 Å². The fourth-order valence-electron chi connectivity index (χ4n) is 3.43. The Morgan fingerprint density at radius 2 is 2.00 bits per heavy atom. The number of benzene rings is 2. The Hall–Kier alpha value is -2.46. The summed E-state index contributed by atoms with van der Waals surface area (Å²) in [6.07, 6.45) is 2.31. The summed E-state index contributed by atoms with van der Waals surface area (Å²) in [6.45, 7) is 2.58. The fourth-order valence-corrected chi connectivity index (χ4v) is 3.43. The van der Waals surface area contributed by atoms with E-state index in [-0.39, 0.29) is 12.0 Å². The van der Waals surface area contributed by atoms with Crippen LogP contribution in [0, 0.1) is 0 Å². The van der Waals surface area contributed by atoms with Crippen molar-refractivity contribution in [2.75, 3.05) is 6.61 Å². The van der Waals surface area contributed by atoms with E-state index in [1.165, 1.54) is 22.3 Å². The molecule has 1 N–H and O–H groups in total. The zero-order valence-corrected chi connectivity index (χ0v) is 13.7. The van der Waals surface area contributed by atoms with Gasteiger partial charge < -0.3 is 4.74 Å². The highest BCUT2D eigenvalue weighted by Gasteiger charge is 2.23. The van der Waals surface area contributed by atoms with Crippen LogP contribution in [0.2, 0.25) is 0 Å². The molecule has 0 spiro atoms. The van der Waals surface area contributed by atoms with Crippen LogP contribution in [0.25, 0.3) is 11.1 Å². The van der Waals surface area contributed by atoms with Gasteiger partial charge in [-0.1, -0.05) is 36.4 Å². The topological polar surface area (TPSA) is 50.7 Å². The predicted octanol–water partition coefficient (Wildman–Crippen LogP) is 3.28. The predicted molar refractivity (Wildman–Crippen MR) is 94.0 cm³/mol. The lowest BCUT2D eigenvalue weighted by Gasteiger charge is -2.08. The van der Waals surface area contributed by atoms with E-state index in [1.807, 2.05) is 6.92 Å². The van der Waals surface area contributed by atoms with Gasteiger partial charge in [0.25, 0.3) is 5.91 Å². The second kappa shape index (κ2) is 6.21. The number of hydrazone groups is 1. The van der Waals surface area contributed by atoms with Gasteiger partial charge in [0.05, 0.1) is 5.71 Å². The monoisotopic (exact) mass is 320 g/mol. The van der Waals surface area contributed by atoms with Crippen molar-refractivity contribution in [1.29, 1.82) is 0 Å². The second-order valence-electron chi connectivity index (χ2n) is 6.38. The van der Waals surface area contributed by atoms with Gasteiger partial charge in [-0.3, -0.25) is 4.79 Å². The highest BCUT2D eigenvalue weighted by Crippen LogP contribution is 2.36. The highest BCUT2D eigenvalue weighted by atomic mass is 16.5. The van der Waals surface area contributed by atoms with Crippen LogP contribution in [0.1, 0.15) is 36.5 Å². The minimum Gasteiger partial charge on any atom is -0.368 e. The molecule has 1 fully saturated rings. The van der Waals surface area contributed by atoms with Gasteiger partial charge in [0, 0.05) is 6.61 Å². The molecule has 0 aromatic heterocycles. The van der Waals surface area contributed by atoms with Crippen molar-refractivity contribution < 1.29 is 9.53 Å². The fraction of sp³-hybridized carbons (Fsp3) is 0.300. The maximum Gasteiger partial charge on any atom is 0.269 e. The highest BCUT2D eigenvalue weighted by molar-refractivity contribution is 6.00. The molecule has 2 aromatic rings. The van der Waals surface area contributed by atoms with Gasteiger partial charge in [0.2, 0.25) is 0 Å². The first-order valence-electron chi connectivity index (χ1n) is 8.40. The molecular formula is C20H20N2O2. The second-order valence-corrected chi connectivity index (χ2v) is 6.38. The first-order valence-corrected chi connectivity index (χ1v) is 8.40. The van der Waals surface area contributed by atoms with E-state index in [9.17, 15) is 4.79 Å². The number of hydrogen-bond acceptors (Lipinski definition) is 3. The number of nitrogens with one attached hydrogen (secondary N) is 1. The quantitative estimate of drug-likeness (QED) is 0.595. The number of amides is 1. The summed E-state index contributed by atoms with van der Waals surface area (Å²) in [5.41, 5.74) is 9.77. The number of carbonyl (C=O) groups is 1. The number of fused-ring (bicyclic) bond motifs is 3. The number of hydrogen-bond donors (Lipinski definition) is 1. The smallest absolute Gasteiger partial charge is 0.269 e. The lowest BCUT2D eigenvalue weighted by atomic mass is 10.0. The van der Waals surface area contributed by atoms with E-state index in [4.69, 9.17) is 4.74 Å². The van der Waals surface area contributed by atoms with Crippen LogP contribution < -0.4 is 5.43 Å². The third kappa shape index (κ3) is 2.74. The third-order valence-corrected chi connectivity index (χ3v) is 4.77. The van der Waals surface area contributed by atoms with Crippen molar-refractivity contribution in [2.24, 2.45) is 5.10 Å². The van der Waals surface area contributed by atoms with E-state index in [1.54, 1.807) is 0 Å². The van der Waals surface area contributed by atoms with Gasteiger partial charge in [-0.2, -0.15) is 5.10 Å². The van der Waals surface area contributed by atoms with Crippen LogP contribution in [0.3, 0.4) is 0 Å². The molecule has 1 heterocycles. The van der Waals surface area contributed by atoms with Crippen molar-refractivity contribution in [3.8, 4) is 11.1 Å². The summed E-state index contributed by atoms with van der Waals surface area (Å²) in [5, 5.41) is 4.25. The maximum atomic E-state index is 12.0. The van der Waals surface area contributed by atoms with Gasteiger partial charge in [0.15, 0.2) is 0 Å². The first kappa shape index (κ1) is 15.1. The van der Waals surface area contributed by atoms with Crippen molar-refractivity contribution in [3.63, 3.8) is 0 Å². The molecule has 4 nitrogen and oxygen atoms in total. The molecule has 1 amide bonds. The molecule has 2 aromatic carbocycles. The first-order chi connectivity index (χ1) is 11.7. The Bertz CT molecular complexity index is 820. The van der Waals surface area contributed by atoms with Gasteiger partial charge in [-0.15, -0.1) is 0 Å². The summed E-state index contributed by atoms with van der Waals surface area (Å²) >= 11 is 0. The van der Waals surface area contributed by atoms with Crippen molar-refractivity contribution in [1.82, 2.24) is 5.43 Å². The van der Waals surface area contributed by atoms with Crippen molar-refractivity contribution >= 4 is 11.6 Å². The average Bonchev–Trinajstić information content (AvgIpc) is 3.26. The van der Waals surface area contributed by atoms with Crippen LogP contribution in [-0.2, 0) is 16.0 Å². The molecular weight excluding hydrogens is 300 g/mol. The molecule has 1 unspecified atom stereocenters. The Morgan fingerprint density at radius 1 is 1.17 bits per heavy atom. The summed E-state index contributed by atoms with van der Waals surface area (Å²) in [4.78, 5) is 12.0. The molecule has 1 atom stereocenters. The lowest BCUT2D eigenvalue weighted by molar-refractivity contribution is -0.130. The minimum atomic E-state index is -0.351. The van der Waals surface area contributed by atoms with E-state index >= 15 is 0 Å². The summed E-state index contributed by atoms with van der Waals surface area (Å²) in [7, 11) is 0. The maximum absolute atomic E-state index is 12.0. The van der Waals surface area contributed by atoms with E-state index < -0.39 is 0 Å². The zero-order valence-electron chi connectivity index (χ0n) is 13.7. The minimum absolute atomic E-state index is 0.152. The van der Waals surface area contributed by atoms with Crippen molar-refractivity contribution in [3.05, 3.63) is 59.2 Å². The molecule has 1 aliphatic heterocycles. The van der Waals surface area contributed by atoms with E-state index in [0.29, 0.717) is 6.61 Å². The molecule has 122 valence electrons. The molecule has 1 saturated heterocycles. The molecule has 1 aliphatic carbocycles. The summed E-state index contributed by atoms with van der Waals surface area (Å²) in [6, 6.07) is 14.9. The Balaban J connectivity index is 1.52. The molecule has 4 heteroatoms. The Morgan fingerprint density at radius 3 is 2.83 bits per heavy atom. The normalized spacial score (nSPS) is 19.0. The van der Waals surface area contributed by atoms with Crippen LogP contribution >= 0.6 is 0 Å². The van der Waals surface area contributed by atoms with E-state index in [2.05, 4.69) is 53.0 Å². The van der Waals surface area contributed by atoms with Crippen LogP contribution in [0.15, 0.2) is 47.6 Å². The largest absolute Gasteiger partial charge is 0.368 e. The Labute approximate surface area is 141 Å². The van der Waals surface area contributed by atoms with Gasteiger partial charge >= 0.3 is 0 Å². The van der Waals surface area contributed by atoms with Gasteiger partial charge in [0.1, 0.15) is 6.10 Å². The average molecular weight is 320 g/mol. The molecule has 24 heavy (non-hydrogen) atoms. The third-order valence-electron chi connectivity index (χ3n) is 4.77. The molecule has 0 saturated carbocycles. The Kier molecular flexibility index (Phi) is 3.90. The van der Waals surface area contributed by atoms with Gasteiger partial charge in [-0.25, -0.2) is 5.43 Å². The SMILES string of the molecule is C/C(=N\NC(=O)C1CCCO1)c1ccc2c(c1)Cc1ccccc1-2. The molecule has 4 rings (SSSR count). The molecule has 0 bridgehead atoms. The summed E-state index contributed by atoms with van der Waals surface area (Å²) < 4.78 is 5.37. The number of nitrogens with zero attached hydrogens (tertiary/aromatic N) is 1. The summed E-state index contributed by atoms with van der Waals surface area (Å²) in [5.74, 6) is -0.152. The van der Waals surface area contributed by atoms with E-state index in [0.717, 1.165) is 30.5 Å². The molecule has 0 radical (unpaired) electrons. The standard InChI is InChI=1S/C20H20N2O2/c1-13(21-22-20(23)19-7-4-10-24-19)14-8-9-18-16(11-14)12-15-5-2-3-6-17(15)18/h2-3,5-6,8-9,11,19H,4,7,10,12H2,1H3,(H,22,23)/b21-13+. The number of rotatable bonds is 3. The number of ether oxygens (including phenoxy) is 1. The van der Waals surface area contributed by atoms with Crippen LogP contribution in [-0.4, -0.2) is 24.3 Å². The zero-order chi connectivity index (χ0) is 16.5. The van der Waals surface area contributed by atoms with Crippen LogP contribution in [0.5, 0.6) is 0 Å². The molecule has 2 aliphatic rings. The number of carbonyl (C=O) groups excluding carboxylic acids is 1. The lowest BCUT2D eigenvalue weighted by Crippen LogP contribution is -2.31. The van der Waals surface area contributed by atoms with Crippen LogP contribution in [0.4, 0.5) is 0 Å². The van der Waals surface area contributed by atoms with Gasteiger partial charge in [-0.05, 0) is 60.1 Å².